The molecular formula is C30H27N5O7. The number of fused-ring (bicyclic) bond motifs is 7. The van der Waals surface area contributed by atoms with Gasteiger partial charge in [0.15, 0.2) is 6.61 Å². The van der Waals surface area contributed by atoms with Gasteiger partial charge in [0.1, 0.15) is 23.4 Å². The number of amides is 3. The van der Waals surface area contributed by atoms with Crippen molar-refractivity contribution in [3.05, 3.63) is 90.1 Å². The van der Waals surface area contributed by atoms with Gasteiger partial charge < -0.3 is 34.3 Å². The maximum Gasteiger partial charge on any atom is 0.292 e. The first-order valence-corrected chi connectivity index (χ1v) is 13.3. The van der Waals surface area contributed by atoms with Gasteiger partial charge in [-0.05, 0) is 35.9 Å². The number of carbonyl (C=O) groups is 3. The molecule has 0 unspecified atom stereocenters. The molecule has 12 heteroatoms. The minimum Gasteiger partial charge on any atom is -0.496 e. The number of aromatic nitrogens is 2. The Hall–Kier alpha value is -5.39. The molecule has 2 atom stereocenters. The fourth-order valence-corrected chi connectivity index (χ4v) is 4.93. The fourth-order valence-electron chi connectivity index (χ4n) is 4.93. The highest BCUT2D eigenvalue weighted by molar-refractivity contribution is 5.96. The van der Waals surface area contributed by atoms with Crippen LogP contribution in [-0.4, -0.2) is 71.7 Å². The van der Waals surface area contributed by atoms with Crippen LogP contribution in [0, 0.1) is 0 Å². The molecule has 1 saturated heterocycles. The summed E-state index contributed by atoms with van der Waals surface area (Å²) in [5, 5.41) is 9.49. The molecule has 0 aliphatic carbocycles. The summed E-state index contributed by atoms with van der Waals surface area (Å²) in [6, 6.07) is 15.1. The second-order valence-electron chi connectivity index (χ2n) is 9.85. The first-order valence-electron chi connectivity index (χ1n) is 13.3. The number of likely N-dealkylation sites (tertiary alicyclic amines) is 1. The first kappa shape index (κ1) is 26.8. The zero-order chi connectivity index (χ0) is 29.1. The molecule has 12 nitrogen and oxygen atoms in total. The Morgan fingerprint density at radius 1 is 1.00 bits per heavy atom. The SMILES string of the molecule is COc1cc2ccc1CNC(=O)COc1cccc(c1)-c1cncc(c1)C(=O)N[C@H]1CN(C(=O)c3ccno3)C[C@@H]1O2. The van der Waals surface area contributed by atoms with Gasteiger partial charge in [-0.15, -0.1) is 0 Å². The Bertz CT molecular complexity index is 1620. The number of rotatable bonds is 2. The number of benzene rings is 2. The number of hydrogen-bond donors (Lipinski definition) is 2. The standard InChI is InChI=1S/C30H27N5O7/c1-39-26-11-23-6-5-19(26)14-32-28(36)17-40-22-4-2-3-18(10-22)20-9-21(13-31-12-20)29(37)34-24-15-35(16-27(24)41-23)30(38)25-7-8-33-42-25/h2-13,24,27H,14-17H2,1H3,(H,32,36)(H,34,37)/t24-,27-/m0/s1. The lowest BCUT2D eigenvalue weighted by molar-refractivity contribution is -0.123. The Morgan fingerprint density at radius 2 is 1.88 bits per heavy atom. The summed E-state index contributed by atoms with van der Waals surface area (Å²) >= 11 is 0. The zero-order valence-corrected chi connectivity index (χ0v) is 22.6. The van der Waals surface area contributed by atoms with E-state index in [2.05, 4.69) is 20.8 Å². The molecule has 3 amide bonds. The smallest absolute Gasteiger partial charge is 0.292 e. The van der Waals surface area contributed by atoms with Gasteiger partial charge in [-0.1, -0.05) is 17.3 Å². The highest BCUT2D eigenvalue weighted by Crippen LogP contribution is 2.28. The predicted molar refractivity (Wildman–Crippen MR) is 148 cm³/mol. The van der Waals surface area contributed by atoms with Gasteiger partial charge in [0, 0.05) is 48.7 Å². The Kier molecular flexibility index (Phi) is 7.41. The molecule has 0 spiro atoms. The molecule has 5 heterocycles. The van der Waals surface area contributed by atoms with Crippen molar-refractivity contribution >= 4 is 17.7 Å². The average Bonchev–Trinajstić information content (AvgIpc) is 3.70. The van der Waals surface area contributed by atoms with E-state index in [4.69, 9.17) is 18.7 Å². The summed E-state index contributed by atoms with van der Waals surface area (Å²) < 4.78 is 22.6. The summed E-state index contributed by atoms with van der Waals surface area (Å²) in [5.74, 6) is 0.529. The lowest BCUT2D eigenvalue weighted by Crippen LogP contribution is -2.45. The van der Waals surface area contributed by atoms with E-state index in [1.165, 1.54) is 25.6 Å². The Labute approximate surface area is 240 Å². The molecule has 4 aromatic rings. The maximum atomic E-state index is 13.5. The topological polar surface area (TPSA) is 145 Å². The molecule has 3 aliphatic rings. The molecule has 0 radical (unpaired) electrons. The fraction of sp³-hybridized carbons (Fsp3) is 0.233. The van der Waals surface area contributed by atoms with Crippen LogP contribution in [0.4, 0.5) is 0 Å². The quantitative estimate of drug-likeness (QED) is 0.372. The first-order chi connectivity index (χ1) is 20.5. The zero-order valence-electron chi connectivity index (χ0n) is 22.6. The number of nitrogens with one attached hydrogen (secondary N) is 2. The lowest BCUT2D eigenvalue weighted by atomic mass is 10.1. The van der Waals surface area contributed by atoms with Crippen LogP contribution in [-0.2, 0) is 11.3 Å². The molecule has 214 valence electrons. The van der Waals surface area contributed by atoms with Gasteiger partial charge >= 0.3 is 0 Å². The van der Waals surface area contributed by atoms with Crippen LogP contribution in [0.1, 0.15) is 26.5 Å². The van der Waals surface area contributed by atoms with E-state index in [-0.39, 0.29) is 49.7 Å². The highest BCUT2D eigenvalue weighted by Gasteiger charge is 2.39. The van der Waals surface area contributed by atoms with Crippen molar-refractivity contribution in [3.8, 4) is 28.4 Å². The van der Waals surface area contributed by atoms with Crippen molar-refractivity contribution in [2.45, 2.75) is 18.7 Å². The summed E-state index contributed by atoms with van der Waals surface area (Å²) in [6.07, 6.45) is 3.92. The molecule has 2 aromatic carbocycles. The van der Waals surface area contributed by atoms with E-state index in [0.29, 0.717) is 28.4 Å². The average molecular weight is 570 g/mol. The molecule has 42 heavy (non-hydrogen) atoms. The van der Waals surface area contributed by atoms with Gasteiger partial charge in [-0.2, -0.15) is 0 Å². The number of methoxy groups -OCH3 is 1. The normalized spacial score (nSPS) is 18.6. The van der Waals surface area contributed by atoms with Crippen LogP contribution in [0.2, 0.25) is 0 Å². The van der Waals surface area contributed by atoms with E-state index < -0.39 is 12.1 Å². The monoisotopic (exact) mass is 569 g/mol. The van der Waals surface area contributed by atoms with Gasteiger partial charge in [0.2, 0.25) is 5.76 Å². The summed E-state index contributed by atoms with van der Waals surface area (Å²) in [4.78, 5) is 44.9. The van der Waals surface area contributed by atoms with Crippen molar-refractivity contribution < 1.29 is 33.1 Å². The van der Waals surface area contributed by atoms with Gasteiger partial charge in [0.05, 0.1) is 31.5 Å². The molecule has 3 aliphatic heterocycles. The largest absolute Gasteiger partial charge is 0.496 e. The lowest BCUT2D eigenvalue weighted by Gasteiger charge is -2.22. The van der Waals surface area contributed by atoms with Crippen LogP contribution in [0.15, 0.2) is 77.7 Å². The molecule has 2 N–H and O–H groups in total. The number of ether oxygens (including phenoxy) is 3. The number of pyridine rings is 1. The van der Waals surface area contributed by atoms with Crippen LogP contribution in [0.3, 0.4) is 0 Å². The maximum absolute atomic E-state index is 13.5. The van der Waals surface area contributed by atoms with Crippen molar-refractivity contribution in [2.75, 3.05) is 26.8 Å². The van der Waals surface area contributed by atoms with Crippen LogP contribution in [0.5, 0.6) is 17.2 Å². The molecule has 7 rings (SSSR count). The third kappa shape index (κ3) is 5.73. The molecule has 1 fully saturated rings. The van der Waals surface area contributed by atoms with Crippen molar-refractivity contribution in [2.24, 2.45) is 0 Å². The van der Waals surface area contributed by atoms with Crippen molar-refractivity contribution in [1.82, 2.24) is 25.7 Å². The minimum absolute atomic E-state index is 0.0919. The second-order valence-corrected chi connectivity index (χ2v) is 9.85. The molecule has 6 bridgehead atoms. The van der Waals surface area contributed by atoms with E-state index in [0.717, 1.165) is 11.1 Å². The number of carbonyl (C=O) groups excluding carboxylic acids is 3. The van der Waals surface area contributed by atoms with Gasteiger partial charge in [-0.3, -0.25) is 19.4 Å². The third-order valence-electron chi connectivity index (χ3n) is 7.08. The van der Waals surface area contributed by atoms with Crippen molar-refractivity contribution in [3.63, 3.8) is 0 Å². The summed E-state index contributed by atoms with van der Waals surface area (Å²) in [6.45, 7) is 0.408. The molecule has 0 saturated carbocycles. The van der Waals surface area contributed by atoms with Crippen LogP contribution >= 0.6 is 0 Å². The van der Waals surface area contributed by atoms with E-state index in [9.17, 15) is 14.4 Å². The van der Waals surface area contributed by atoms with E-state index in [1.807, 2.05) is 6.07 Å². The van der Waals surface area contributed by atoms with E-state index in [1.54, 1.807) is 53.6 Å². The predicted octanol–water partition coefficient (Wildman–Crippen LogP) is 2.46. The second kappa shape index (κ2) is 11.6. The van der Waals surface area contributed by atoms with E-state index >= 15 is 0 Å². The Balaban J connectivity index is 1.34. The highest BCUT2D eigenvalue weighted by atomic mass is 16.5. The van der Waals surface area contributed by atoms with Crippen LogP contribution < -0.4 is 24.8 Å². The summed E-state index contributed by atoms with van der Waals surface area (Å²) in [5.41, 5.74) is 2.52. The Morgan fingerprint density at radius 3 is 2.71 bits per heavy atom. The summed E-state index contributed by atoms with van der Waals surface area (Å²) in [7, 11) is 1.53. The third-order valence-corrected chi connectivity index (χ3v) is 7.08. The van der Waals surface area contributed by atoms with Gasteiger partial charge in [-0.25, -0.2) is 0 Å². The number of nitrogens with zero attached hydrogens (tertiary/aromatic N) is 3. The van der Waals surface area contributed by atoms with Crippen molar-refractivity contribution in [1.29, 1.82) is 0 Å². The molecule has 2 aromatic heterocycles. The molecular weight excluding hydrogens is 542 g/mol. The van der Waals surface area contributed by atoms with Gasteiger partial charge in [0.25, 0.3) is 17.7 Å². The number of hydrogen-bond acceptors (Lipinski definition) is 9. The van der Waals surface area contributed by atoms with Crippen LogP contribution in [0.25, 0.3) is 11.1 Å². The minimum atomic E-state index is -0.591.